The molecule has 0 bridgehead atoms. The maximum atomic E-state index is 11.1. The van der Waals surface area contributed by atoms with Crippen LogP contribution < -0.4 is 10.6 Å². The van der Waals surface area contributed by atoms with Gasteiger partial charge in [0, 0.05) is 11.7 Å². The topological polar surface area (TPSA) is 61.4 Å². The third-order valence-corrected chi connectivity index (χ3v) is 4.75. The predicted molar refractivity (Wildman–Crippen MR) is 78.7 cm³/mol. The zero-order valence-corrected chi connectivity index (χ0v) is 11.6. The van der Waals surface area contributed by atoms with E-state index in [4.69, 9.17) is 5.11 Å². The van der Waals surface area contributed by atoms with E-state index in [1.54, 1.807) is 0 Å². The molecule has 0 amide bonds. The first-order valence-corrected chi connectivity index (χ1v) is 7.50. The molecule has 2 fully saturated rings. The van der Waals surface area contributed by atoms with Crippen LogP contribution in [-0.2, 0) is 4.79 Å². The molecule has 4 nitrogen and oxygen atoms in total. The summed E-state index contributed by atoms with van der Waals surface area (Å²) >= 11 is 0. The van der Waals surface area contributed by atoms with Crippen LogP contribution >= 0.6 is 0 Å². The summed E-state index contributed by atoms with van der Waals surface area (Å²) in [6.07, 6.45) is 4.22. The van der Waals surface area contributed by atoms with Gasteiger partial charge in [0.2, 0.25) is 0 Å². The summed E-state index contributed by atoms with van der Waals surface area (Å²) in [7, 11) is 0. The lowest BCUT2D eigenvalue weighted by atomic mass is 9.72. The van der Waals surface area contributed by atoms with Gasteiger partial charge in [-0.05, 0) is 56.2 Å². The molecular formula is C16H22N2O2. The summed E-state index contributed by atoms with van der Waals surface area (Å²) in [4.78, 5) is 11.1. The van der Waals surface area contributed by atoms with E-state index in [2.05, 4.69) is 22.8 Å². The molecule has 1 aromatic carbocycles. The van der Waals surface area contributed by atoms with Crippen LogP contribution in [0.3, 0.4) is 0 Å². The monoisotopic (exact) mass is 274 g/mol. The van der Waals surface area contributed by atoms with E-state index in [-0.39, 0.29) is 6.04 Å². The number of anilines is 1. The maximum Gasteiger partial charge on any atom is 0.320 e. The normalized spacial score (nSPS) is 33.2. The summed E-state index contributed by atoms with van der Waals surface area (Å²) in [6.45, 7) is 0.861. The first kappa shape index (κ1) is 13.4. The fourth-order valence-corrected chi connectivity index (χ4v) is 3.65. The van der Waals surface area contributed by atoms with Gasteiger partial charge in [0.1, 0.15) is 6.04 Å². The molecule has 0 aromatic heterocycles. The van der Waals surface area contributed by atoms with E-state index in [1.165, 1.54) is 18.5 Å². The van der Waals surface area contributed by atoms with Gasteiger partial charge >= 0.3 is 5.97 Å². The number of para-hydroxylation sites is 1. The average Bonchev–Trinajstić information content (AvgIpc) is 2.47. The third-order valence-electron chi connectivity index (χ3n) is 4.75. The number of fused-ring (bicyclic) bond motifs is 1. The summed E-state index contributed by atoms with van der Waals surface area (Å²) < 4.78 is 0. The van der Waals surface area contributed by atoms with Gasteiger partial charge < -0.3 is 15.7 Å². The molecule has 2 aliphatic rings. The van der Waals surface area contributed by atoms with Crippen LogP contribution in [0.15, 0.2) is 30.3 Å². The number of carboxylic acid groups (broad SMARTS) is 1. The van der Waals surface area contributed by atoms with Crippen LogP contribution in [0.4, 0.5) is 5.69 Å². The summed E-state index contributed by atoms with van der Waals surface area (Å²) in [6, 6.07) is 10.4. The number of carbonyl (C=O) groups is 1. The largest absolute Gasteiger partial charge is 0.480 e. The first-order valence-electron chi connectivity index (χ1n) is 7.50. The van der Waals surface area contributed by atoms with Gasteiger partial charge in [0.15, 0.2) is 0 Å². The molecule has 20 heavy (non-hydrogen) atoms. The fourth-order valence-electron chi connectivity index (χ4n) is 3.65. The number of hydrogen-bond donors (Lipinski definition) is 3. The second kappa shape index (κ2) is 5.83. The molecule has 1 aliphatic heterocycles. The van der Waals surface area contributed by atoms with E-state index >= 15 is 0 Å². The van der Waals surface area contributed by atoms with Crippen molar-refractivity contribution in [1.29, 1.82) is 0 Å². The molecule has 1 heterocycles. The molecule has 0 radical (unpaired) electrons. The molecule has 3 N–H and O–H groups in total. The summed E-state index contributed by atoms with van der Waals surface area (Å²) in [5.41, 5.74) is 1.17. The van der Waals surface area contributed by atoms with Gasteiger partial charge in [0.05, 0.1) is 0 Å². The predicted octanol–water partition coefficient (Wildman–Crippen LogP) is 2.33. The van der Waals surface area contributed by atoms with Gasteiger partial charge in [-0.2, -0.15) is 0 Å². The Morgan fingerprint density at radius 2 is 1.95 bits per heavy atom. The van der Waals surface area contributed by atoms with Crippen LogP contribution in [0.25, 0.3) is 0 Å². The molecule has 3 rings (SSSR count). The quantitative estimate of drug-likeness (QED) is 0.791. The van der Waals surface area contributed by atoms with Crippen LogP contribution in [0, 0.1) is 11.8 Å². The second-order valence-corrected chi connectivity index (χ2v) is 6.08. The van der Waals surface area contributed by atoms with Crippen molar-refractivity contribution in [3.05, 3.63) is 30.3 Å². The van der Waals surface area contributed by atoms with Crippen molar-refractivity contribution in [2.75, 3.05) is 11.9 Å². The minimum Gasteiger partial charge on any atom is -0.480 e. The first-order chi connectivity index (χ1) is 9.72. The molecule has 1 aliphatic carbocycles. The van der Waals surface area contributed by atoms with E-state index in [1.807, 2.05) is 18.2 Å². The van der Waals surface area contributed by atoms with Gasteiger partial charge in [0.25, 0.3) is 0 Å². The fraction of sp³-hybridized carbons (Fsp3) is 0.562. The summed E-state index contributed by atoms with van der Waals surface area (Å²) in [5.74, 6) is 0.480. The summed E-state index contributed by atoms with van der Waals surface area (Å²) in [5, 5.41) is 15.9. The van der Waals surface area contributed by atoms with Crippen LogP contribution in [0.5, 0.6) is 0 Å². The van der Waals surface area contributed by atoms with Crippen LogP contribution in [-0.4, -0.2) is 29.7 Å². The van der Waals surface area contributed by atoms with Crippen molar-refractivity contribution >= 4 is 11.7 Å². The Morgan fingerprint density at radius 1 is 1.15 bits per heavy atom. The highest BCUT2D eigenvalue weighted by Gasteiger charge is 2.37. The highest BCUT2D eigenvalue weighted by atomic mass is 16.4. The van der Waals surface area contributed by atoms with Crippen molar-refractivity contribution in [1.82, 2.24) is 5.32 Å². The lowest BCUT2D eigenvalue weighted by molar-refractivity contribution is -0.141. The van der Waals surface area contributed by atoms with Crippen LogP contribution in [0.2, 0.25) is 0 Å². The molecular weight excluding hydrogens is 252 g/mol. The van der Waals surface area contributed by atoms with Crippen molar-refractivity contribution in [2.45, 2.75) is 37.8 Å². The molecule has 4 heteroatoms. The zero-order valence-electron chi connectivity index (χ0n) is 11.6. The molecule has 0 spiro atoms. The highest BCUT2D eigenvalue weighted by Crippen LogP contribution is 2.36. The van der Waals surface area contributed by atoms with Gasteiger partial charge in [-0.25, -0.2) is 0 Å². The zero-order chi connectivity index (χ0) is 13.9. The standard InChI is InChI=1S/C16H22N2O2/c19-16(20)15-9-12-8-14(7-6-11(12)10-17-15)18-13-4-2-1-3-5-13/h1-5,11-12,14-15,17-18H,6-10H2,(H,19,20)/t11-,12+,14-,15-/m0/s1. The lowest BCUT2D eigenvalue weighted by Crippen LogP contribution is -2.50. The number of aliphatic carboxylic acids is 1. The minimum atomic E-state index is -0.707. The molecule has 1 saturated heterocycles. The Labute approximate surface area is 119 Å². The van der Waals surface area contributed by atoms with Gasteiger partial charge in [-0.15, -0.1) is 0 Å². The van der Waals surface area contributed by atoms with Crippen molar-refractivity contribution < 1.29 is 9.90 Å². The van der Waals surface area contributed by atoms with Gasteiger partial charge in [-0.1, -0.05) is 18.2 Å². The second-order valence-electron chi connectivity index (χ2n) is 6.08. The Bertz CT molecular complexity index is 463. The Balaban J connectivity index is 1.60. The molecule has 0 unspecified atom stereocenters. The number of nitrogens with one attached hydrogen (secondary N) is 2. The minimum absolute atomic E-state index is 0.355. The molecule has 4 atom stereocenters. The van der Waals surface area contributed by atoms with Crippen molar-refractivity contribution in [3.8, 4) is 0 Å². The van der Waals surface area contributed by atoms with E-state index in [0.29, 0.717) is 17.9 Å². The Hall–Kier alpha value is -1.55. The molecule has 108 valence electrons. The maximum absolute atomic E-state index is 11.1. The van der Waals surface area contributed by atoms with Crippen molar-refractivity contribution in [3.63, 3.8) is 0 Å². The smallest absolute Gasteiger partial charge is 0.320 e. The van der Waals surface area contributed by atoms with E-state index in [0.717, 1.165) is 19.4 Å². The SMILES string of the molecule is O=C(O)[C@@H]1C[C@H]2C[C@@H](Nc3ccccc3)CC[C@H]2CN1. The third kappa shape index (κ3) is 2.96. The van der Waals surface area contributed by atoms with Gasteiger partial charge in [-0.3, -0.25) is 4.79 Å². The average molecular weight is 274 g/mol. The number of carboxylic acids is 1. The number of hydrogen-bond acceptors (Lipinski definition) is 3. The van der Waals surface area contributed by atoms with E-state index in [9.17, 15) is 4.79 Å². The lowest BCUT2D eigenvalue weighted by Gasteiger charge is -2.42. The molecule has 1 aromatic rings. The number of rotatable bonds is 3. The Kier molecular flexibility index (Phi) is 3.92. The van der Waals surface area contributed by atoms with Crippen LogP contribution in [0.1, 0.15) is 25.7 Å². The highest BCUT2D eigenvalue weighted by molar-refractivity contribution is 5.73. The van der Waals surface area contributed by atoms with Crippen molar-refractivity contribution in [2.24, 2.45) is 11.8 Å². The number of piperidine rings is 1. The Morgan fingerprint density at radius 3 is 2.70 bits per heavy atom. The van der Waals surface area contributed by atoms with E-state index < -0.39 is 5.97 Å². The molecule has 1 saturated carbocycles. The number of benzene rings is 1.